The van der Waals surface area contributed by atoms with Crippen molar-refractivity contribution in [1.29, 1.82) is 5.26 Å². The van der Waals surface area contributed by atoms with Gasteiger partial charge in [0.05, 0.1) is 33.7 Å². The van der Waals surface area contributed by atoms with Crippen molar-refractivity contribution in [3.05, 3.63) is 236 Å². The van der Waals surface area contributed by atoms with Gasteiger partial charge in [0.1, 0.15) is 5.82 Å². The van der Waals surface area contributed by atoms with Crippen molar-refractivity contribution < 1.29 is 0 Å². The minimum absolute atomic E-state index is 0.688. The zero-order chi connectivity index (χ0) is 44.9. The Hall–Kier alpha value is -9.30. The van der Waals surface area contributed by atoms with Crippen molar-refractivity contribution in [3.63, 3.8) is 0 Å². The fourth-order valence-electron chi connectivity index (χ4n) is 11.3. The van der Waals surface area contributed by atoms with E-state index in [-0.39, 0.29) is 0 Å². The molecule has 0 amide bonds. The largest absolute Gasteiger partial charge is 0.309 e. The topological polar surface area (TPSA) is 46.5 Å². The first kappa shape index (κ1) is 38.0. The summed E-state index contributed by atoms with van der Waals surface area (Å²) in [5, 5.41) is 22.0. The van der Waals surface area contributed by atoms with Gasteiger partial charge in [-0.15, -0.1) is 0 Å². The van der Waals surface area contributed by atoms with Crippen molar-refractivity contribution in [2.75, 3.05) is 0 Å². The first-order chi connectivity index (χ1) is 33.7. The second-order valence-corrected chi connectivity index (χ2v) is 17.7. The van der Waals surface area contributed by atoms with Crippen LogP contribution in [0.25, 0.3) is 132 Å². The Balaban J connectivity index is 0.957. The van der Waals surface area contributed by atoms with Crippen LogP contribution in [-0.4, -0.2) is 14.1 Å². The van der Waals surface area contributed by atoms with Gasteiger partial charge in [0.15, 0.2) is 0 Å². The van der Waals surface area contributed by atoms with Gasteiger partial charge in [-0.3, -0.25) is 4.57 Å². The number of nitrogens with zero attached hydrogens (tertiary/aromatic N) is 4. The average Bonchev–Trinajstić information content (AvgIpc) is 3.97. The van der Waals surface area contributed by atoms with E-state index in [2.05, 4.69) is 228 Å². The van der Waals surface area contributed by atoms with Gasteiger partial charge in [0.2, 0.25) is 0 Å². The van der Waals surface area contributed by atoms with Crippen LogP contribution in [0.15, 0.2) is 231 Å². The van der Waals surface area contributed by atoms with Crippen LogP contribution in [-0.2, 0) is 0 Å². The molecule has 0 saturated carbocycles. The van der Waals surface area contributed by atoms with Crippen LogP contribution in [0.1, 0.15) is 5.56 Å². The minimum Gasteiger partial charge on any atom is -0.309 e. The van der Waals surface area contributed by atoms with Gasteiger partial charge in [-0.05, 0) is 126 Å². The molecule has 0 fully saturated rings. The van der Waals surface area contributed by atoms with Crippen molar-refractivity contribution in [1.82, 2.24) is 14.1 Å². The highest BCUT2D eigenvalue weighted by molar-refractivity contribution is 6.31. The molecule has 0 aliphatic heterocycles. The Labute approximate surface area is 391 Å². The molecule has 4 heteroatoms. The Morgan fingerprint density at radius 3 is 1.47 bits per heavy atom. The third-order valence-corrected chi connectivity index (χ3v) is 14.2. The zero-order valence-electron chi connectivity index (χ0n) is 36.7. The maximum Gasteiger partial charge on any atom is 0.145 e. The molecule has 0 unspecified atom stereocenters. The quantitative estimate of drug-likeness (QED) is 0.123. The molecule has 0 bridgehead atoms. The number of fused-ring (bicyclic) bond motifs is 4. The highest BCUT2D eigenvalue weighted by Crippen LogP contribution is 2.50. The van der Waals surface area contributed by atoms with Crippen LogP contribution in [0.5, 0.6) is 0 Å². The number of hydrogen-bond donors (Lipinski definition) is 0. The third-order valence-electron chi connectivity index (χ3n) is 14.2. The number of hydrogen-bond acceptors (Lipinski definition) is 2. The second kappa shape index (κ2) is 14.9. The molecule has 4 nitrogen and oxygen atoms in total. The van der Waals surface area contributed by atoms with Crippen LogP contribution in [0, 0.1) is 11.3 Å². The highest BCUT2D eigenvalue weighted by Gasteiger charge is 2.24. The Morgan fingerprint density at radius 1 is 0.324 bits per heavy atom. The Kier molecular flexibility index (Phi) is 8.31. The summed E-state index contributed by atoms with van der Waals surface area (Å²) in [6.45, 7) is 0. The third kappa shape index (κ3) is 5.51. The lowest BCUT2D eigenvalue weighted by Gasteiger charge is -2.20. The van der Waals surface area contributed by atoms with Gasteiger partial charge in [0.25, 0.3) is 0 Å². The predicted octanol–water partition coefficient (Wildman–Crippen LogP) is 16.7. The van der Waals surface area contributed by atoms with Crippen LogP contribution in [0.3, 0.4) is 0 Å². The lowest BCUT2D eigenvalue weighted by molar-refractivity contribution is 1.10. The summed E-state index contributed by atoms with van der Waals surface area (Å²) in [7, 11) is 0. The van der Waals surface area contributed by atoms with Gasteiger partial charge in [-0.1, -0.05) is 176 Å². The van der Waals surface area contributed by atoms with Gasteiger partial charge < -0.3 is 4.57 Å². The van der Waals surface area contributed by atoms with E-state index in [1.165, 1.54) is 70.9 Å². The maximum absolute atomic E-state index is 10.3. The van der Waals surface area contributed by atoms with E-state index in [0.29, 0.717) is 5.56 Å². The number of rotatable bonds is 6. The second-order valence-electron chi connectivity index (χ2n) is 17.7. The summed E-state index contributed by atoms with van der Waals surface area (Å²) < 4.78 is 4.62. The molecule has 2 aromatic heterocycles. The molecule has 0 aliphatic carbocycles. The summed E-state index contributed by atoms with van der Waals surface area (Å²) in [5.74, 6) is 0.926. The first-order valence-electron chi connectivity index (χ1n) is 23.1. The standard InChI is InChI=1S/C64H38N4/c65-39-42-29-37-58-62-46(42)33-35-55-54(36-38-59(63(55)62)67(58)43-17-5-2-6-18-43)61-51-23-11-9-21-49(51)60(50-22-10-12-24-52(50)61)53-34-32-45(47-19-7-8-20-48(47)53)40-27-30-44(31-28-40)68-57-26-14-13-25-56(57)66-64(68)41-15-3-1-4-16-41/h1-38H. The molecular weight excluding hydrogens is 825 g/mol. The highest BCUT2D eigenvalue weighted by atomic mass is 15.1. The van der Waals surface area contributed by atoms with Gasteiger partial charge in [-0.2, -0.15) is 5.26 Å². The fourth-order valence-corrected chi connectivity index (χ4v) is 11.3. The molecule has 0 radical (unpaired) electrons. The zero-order valence-corrected chi connectivity index (χ0v) is 36.7. The summed E-state index contributed by atoms with van der Waals surface area (Å²) in [6, 6.07) is 85.2. The number of benzene rings is 12. The smallest absolute Gasteiger partial charge is 0.145 e. The normalized spacial score (nSPS) is 11.8. The van der Waals surface area contributed by atoms with E-state index in [1.807, 2.05) is 18.2 Å². The maximum atomic E-state index is 10.3. The molecule has 314 valence electrons. The van der Waals surface area contributed by atoms with E-state index < -0.39 is 0 Å². The number of imidazole rings is 1. The number of nitriles is 1. The summed E-state index contributed by atoms with van der Waals surface area (Å²) >= 11 is 0. The van der Waals surface area contributed by atoms with E-state index in [0.717, 1.165) is 61.2 Å². The SMILES string of the molecule is N#Cc1ccc2c3c1ccc1c(-c4c5ccccc5c(-c5ccc(-c6ccc(-n7c(-c8ccccc8)nc8ccccc87)cc6)c6ccccc56)c5ccccc45)ccc(c13)n2-c1ccccc1. The van der Waals surface area contributed by atoms with Crippen LogP contribution in [0.2, 0.25) is 0 Å². The molecular formula is C64H38N4. The van der Waals surface area contributed by atoms with Gasteiger partial charge >= 0.3 is 0 Å². The molecule has 0 aliphatic rings. The molecule has 0 atom stereocenters. The molecule has 14 rings (SSSR count). The van der Waals surface area contributed by atoms with Gasteiger partial charge in [0, 0.05) is 33.1 Å². The van der Waals surface area contributed by atoms with Crippen LogP contribution < -0.4 is 0 Å². The first-order valence-corrected chi connectivity index (χ1v) is 23.1. The van der Waals surface area contributed by atoms with Gasteiger partial charge in [-0.25, -0.2) is 4.98 Å². The van der Waals surface area contributed by atoms with Crippen LogP contribution in [0.4, 0.5) is 0 Å². The fraction of sp³-hybridized carbons (Fsp3) is 0. The van der Waals surface area contributed by atoms with Crippen molar-refractivity contribution in [2.24, 2.45) is 0 Å². The average molecular weight is 863 g/mol. The van der Waals surface area contributed by atoms with E-state index in [1.54, 1.807) is 0 Å². The van der Waals surface area contributed by atoms with Crippen LogP contribution >= 0.6 is 0 Å². The monoisotopic (exact) mass is 862 g/mol. The summed E-state index contributed by atoms with van der Waals surface area (Å²) in [4.78, 5) is 5.09. The van der Waals surface area contributed by atoms with E-state index in [4.69, 9.17) is 4.98 Å². The molecule has 12 aromatic carbocycles. The molecule has 2 heterocycles. The van der Waals surface area contributed by atoms with Crippen molar-refractivity contribution >= 4 is 75.9 Å². The number of aromatic nitrogens is 3. The molecule has 68 heavy (non-hydrogen) atoms. The Morgan fingerprint density at radius 2 is 0.809 bits per heavy atom. The number of para-hydroxylation sites is 3. The van der Waals surface area contributed by atoms with E-state index in [9.17, 15) is 5.26 Å². The Bertz CT molecular complexity index is 4300. The lowest BCUT2D eigenvalue weighted by Crippen LogP contribution is -1.97. The predicted molar refractivity (Wildman–Crippen MR) is 283 cm³/mol. The van der Waals surface area contributed by atoms with E-state index >= 15 is 0 Å². The minimum atomic E-state index is 0.688. The lowest BCUT2D eigenvalue weighted by atomic mass is 9.82. The molecule has 0 N–H and O–H groups in total. The summed E-state index contributed by atoms with van der Waals surface area (Å²) in [5.41, 5.74) is 15.4. The molecule has 0 saturated heterocycles. The van der Waals surface area contributed by atoms with Crippen molar-refractivity contribution in [2.45, 2.75) is 0 Å². The molecule has 14 aromatic rings. The summed E-state index contributed by atoms with van der Waals surface area (Å²) in [6.07, 6.45) is 0. The molecule has 0 spiro atoms. The van der Waals surface area contributed by atoms with Crippen molar-refractivity contribution in [3.8, 4) is 62.2 Å².